The van der Waals surface area contributed by atoms with Gasteiger partial charge in [0, 0.05) is 5.69 Å². The highest BCUT2D eigenvalue weighted by Gasteiger charge is 2.30. The SMILES string of the molecule is C=CC(=O)Nc1cc(NC(=O)c2nnn(Cc3ccc(C(F)(F)F)cc3)c2C)ccc1F. The Labute approximate surface area is 179 Å². The van der Waals surface area contributed by atoms with Crippen molar-refractivity contribution < 1.29 is 27.2 Å². The summed E-state index contributed by atoms with van der Waals surface area (Å²) >= 11 is 0. The van der Waals surface area contributed by atoms with Crippen LogP contribution in [-0.4, -0.2) is 26.8 Å². The first kappa shape index (κ1) is 22.7. The fourth-order valence-corrected chi connectivity index (χ4v) is 2.77. The molecule has 0 spiro atoms. The molecule has 166 valence electrons. The topological polar surface area (TPSA) is 88.9 Å². The van der Waals surface area contributed by atoms with Gasteiger partial charge in [0.1, 0.15) is 5.82 Å². The molecule has 0 aliphatic rings. The van der Waals surface area contributed by atoms with E-state index in [1.54, 1.807) is 6.92 Å². The quantitative estimate of drug-likeness (QED) is 0.439. The number of halogens is 4. The van der Waals surface area contributed by atoms with Crippen LogP contribution >= 0.6 is 0 Å². The first-order valence-electron chi connectivity index (χ1n) is 9.19. The van der Waals surface area contributed by atoms with Gasteiger partial charge < -0.3 is 10.6 Å². The van der Waals surface area contributed by atoms with Gasteiger partial charge in [-0.2, -0.15) is 13.2 Å². The zero-order valence-electron chi connectivity index (χ0n) is 16.7. The third-order valence-corrected chi connectivity index (χ3v) is 4.48. The Balaban J connectivity index is 1.73. The van der Waals surface area contributed by atoms with Crippen molar-refractivity contribution in [3.05, 3.63) is 83.5 Å². The normalized spacial score (nSPS) is 11.2. The molecule has 7 nitrogen and oxygen atoms in total. The summed E-state index contributed by atoms with van der Waals surface area (Å²) in [5, 5.41) is 12.5. The molecule has 3 aromatic rings. The van der Waals surface area contributed by atoms with Gasteiger partial charge in [-0.1, -0.05) is 23.9 Å². The molecule has 0 saturated heterocycles. The molecule has 2 N–H and O–H groups in total. The van der Waals surface area contributed by atoms with Crippen molar-refractivity contribution >= 4 is 23.2 Å². The molecule has 32 heavy (non-hydrogen) atoms. The zero-order valence-corrected chi connectivity index (χ0v) is 16.7. The van der Waals surface area contributed by atoms with E-state index in [-0.39, 0.29) is 23.6 Å². The van der Waals surface area contributed by atoms with E-state index in [9.17, 15) is 27.2 Å². The summed E-state index contributed by atoms with van der Waals surface area (Å²) in [5.74, 6) is -1.94. The maximum atomic E-state index is 13.8. The predicted molar refractivity (Wildman–Crippen MR) is 108 cm³/mol. The van der Waals surface area contributed by atoms with Crippen LogP contribution in [0.4, 0.5) is 28.9 Å². The molecule has 0 atom stereocenters. The third-order valence-electron chi connectivity index (χ3n) is 4.48. The van der Waals surface area contributed by atoms with Gasteiger partial charge in [0.2, 0.25) is 5.91 Å². The molecule has 2 aromatic carbocycles. The molecule has 0 bridgehead atoms. The van der Waals surface area contributed by atoms with Crippen molar-refractivity contribution in [3.8, 4) is 0 Å². The summed E-state index contributed by atoms with van der Waals surface area (Å²) in [4.78, 5) is 24.0. The number of alkyl halides is 3. The Kier molecular flexibility index (Phi) is 6.37. The van der Waals surface area contributed by atoms with Crippen LogP contribution in [0.5, 0.6) is 0 Å². The smallest absolute Gasteiger partial charge is 0.320 e. The first-order chi connectivity index (χ1) is 15.1. The van der Waals surface area contributed by atoms with Crippen LogP contribution in [0, 0.1) is 12.7 Å². The number of hydrogen-bond acceptors (Lipinski definition) is 4. The van der Waals surface area contributed by atoms with Gasteiger partial charge >= 0.3 is 6.18 Å². The second-order valence-electron chi connectivity index (χ2n) is 6.72. The Morgan fingerprint density at radius 2 is 1.81 bits per heavy atom. The monoisotopic (exact) mass is 447 g/mol. The lowest BCUT2D eigenvalue weighted by atomic mass is 10.1. The minimum atomic E-state index is -4.43. The Morgan fingerprint density at radius 3 is 2.44 bits per heavy atom. The number of nitrogens with zero attached hydrogens (tertiary/aromatic N) is 3. The molecule has 0 aliphatic carbocycles. The minimum absolute atomic E-state index is 0.0158. The molecule has 11 heteroatoms. The van der Waals surface area contributed by atoms with Gasteiger partial charge in [-0.05, 0) is 48.9 Å². The average Bonchev–Trinajstić information content (AvgIpc) is 3.10. The van der Waals surface area contributed by atoms with Gasteiger partial charge in [-0.25, -0.2) is 9.07 Å². The number of carbonyl (C=O) groups excluding carboxylic acids is 2. The van der Waals surface area contributed by atoms with Gasteiger partial charge in [0.15, 0.2) is 5.69 Å². The number of hydrogen-bond donors (Lipinski definition) is 2. The maximum absolute atomic E-state index is 13.8. The Bertz CT molecular complexity index is 1170. The highest BCUT2D eigenvalue weighted by molar-refractivity contribution is 6.04. The number of rotatable bonds is 6. The molecule has 0 unspecified atom stereocenters. The molecular formula is C21H17F4N5O2. The summed E-state index contributed by atoms with van der Waals surface area (Å²) in [7, 11) is 0. The molecule has 2 amide bonds. The van der Waals surface area contributed by atoms with Crippen LogP contribution in [0.2, 0.25) is 0 Å². The highest BCUT2D eigenvalue weighted by atomic mass is 19.4. The Hall–Kier alpha value is -4.02. The highest BCUT2D eigenvalue weighted by Crippen LogP contribution is 2.29. The standard InChI is InChI=1S/C21H17F4N5O2/c1-3-18(31)27-17-10-15(8-9-16(17)22)26-20(32)19-12(2)30(29-28-19)11-13-4-6-14(7-5-13)21(23,24)25/h3-10H,1,11H2,2H3,(H,26,32)(H,27,31). The number of nitrogens with one attached hydrogen (secondary N) is 2. The largest absolute Gasteiger partial charge is 0.416 e. The van der Waals surface area contributed by atoms with Gasteiger partial charge in [-0.15, -0.1) is 5.10 Å². The van der Waals surface area contributed by atoms with E-state index in [0.29, 0.717) is 11.3 Å². The lowest BCUT2D eigenvalue weighted by molar-refractivity contribution is -0.137. The fraction of sp³-hybridized carbons (Fsp3) is 0.143. The van der Waals surface area contributed by atoms with Crippen molar-refractivity contribution in [2.24, 2.45) is 0 Å². The molecule has 0 radical (unpaired) electrons. The van der Waals surface area contributed by atoms with Crippen LogP contribution in [0.1, 0.15) is 27.3 Å². The van der Waals surface area contributed by atoms with E-state index in [1.165, 1.54) is 28.9 Å². The van der Waals surface area contributed by atoms with Crippen LogP contribution in [0.3, 0.4) is 0 Å². The number of carbonyl (C=O) groups is 2. The van der Waals surface area contributed by atoms with Crippen LogP contribution in [0.25, 0.3) is 0 Å². The van der Waals surface area contributed by atoms with Crippen molar-refractivity contribution in [1.29, 1.82) is 0 Å². The summed E-state index contributed by atoms with van der Waals surface area (Å²) in [6.45, 7) is 4.97. The van der Waals surface area contributed by atoms with Crippen molar-refractivity contribution in [2.75, 3.05) is 10.6 Å². The lowest BCUT2D eigenvalue weighted by Crippen LogP contribution is -2.15. The zero-order chi connectivity index (χ0) is 23.5. The summed E-state index contributed by atoms with van der Waals surface area (Å²) in [6, 6.07) is 8.18. The van der Waals surface area contributed by atoms with E-state index in [0.717, 1.165) is 24.3 Å². The first-order valence-corrected chi connectivity index (χ1v) is 9.19. The van der Waals surface area contributed by atoms with Gasteiger partial charge in [0.25, 0.3) is 5.91 Å². The van der Waals surface area contributed by atoms with Gasteiger partial charge in [0.05, 0.1) is 23.5 Å². The van der Waals surface area contributed by atoms with E-state index in [1.807, 2.05) is 0 Å². The van der Waals surface area contributed by atoms with Crippen molar-refractivity contribution in [1.82, 2.24) is 15.0 Å². The molecule has 1 heterocycles. The number of benzene rings is 2. The third kappa shape index (κ3) is 5.17. The van der Waals surface area contributed by atoms with E-state index < -0.39 is 29.4 Å². The van der Waals surface area contributed by atoms with Crippen LogP contribution in [0.15, 0.2) is 55.1 Å². The molecule has 3 rings (SSSR count). The molecule has 0 saturated carbocycles. The molecular weight excluding hydrogens is 430 g/mol. The molecule has 0 fully saturated rings. The summed E-state index contributed by atoms with van der Waals surface area (Å²) in [6.07, 6.45) is -3.45. The average molecular weight is 447 g/mol. The molecule has 1 aromatic heterocycles. The number of anilines is 2. The van der Waals surface area contributed by atoms with Crippen LogP contribution in [-0.2, 0) is 17.5 Å². The summed E-state index contributed by atoms with van der Waals surface area (Å²) < 4.78 is 53.3. The summed E-state index contributed by atoms with van der Waals surface area (Å²) in [5.41, 5.74) is 0.198. The van der Waals surface area contributed by atoms with Crippen LogP contribution < -0.4 is 10.6 Å². The van der Waals surface area contributed by atoms with Gasteiger partial charge in [-0.3, -0.25) is 9.59 Å². The second-order valence-corrected chi connectivity index (χ2v) is 6.72. The maximum Gasteiger partial charge on any atom is 0.416 e. The van der Waals surface area contributed by atoms with E-state index in [2.05, 4.69) is 27.5 Å². The molecule has 0 aliphatic heterocycles. The van der Waals surface area contributed by atoms with Crippen molar-refractivity contribution in [3.63, 3.8) is 0 Å². The van der Waals surface area contributed by atoms with E-state index in [4.69, 9.17) is 0 Å². The predicted octanol–water partition coefficient (Wildman–Crippen LogP) is 4.17. The second kappa shape index (κ2) is 9.00. The number of aromatic nitrogens is 3. The fourth-order valence-electron chi connectivity index (χ4n) is 2.77. The Morgan fingerprint density at radius 1 is 1.12 bits per heavy atom. The lowest BCUT2D eigenvalue weighted by Gasteiger charge is -2.09. The van der Waals surface area contributed by atoms with E-state index >= 15 is 0 Å². The number of amides is 2. The van der Waals surface area contributed by atoms with Crippen molar-refractivity contribution in [2.45, 2.75) is 19.6 Å². The minimum Gasteiger partial charge on any atom is -0.320 e.